The molecule has 6 amide bonds. The van der Waals surface area contributed by atoms with Crippen LogP contribution in [0.5, 0.6) is 0 Å². The van der Waals surface area contributed by atoms with E-state index >= 15 is 0 Å². The monoisotopic (exact) mass is 936 g/mol. The van der Waals surface area contributed by atoms with Crippen molar-refractivity contribution in [1.29, 1.82) is 0 Å². The Morgan fingerprint density at radius 2 is 0.939 bits per heavy atom. The standard InChI is InChI=1S/C39H64N14O13/c40-15-5-4-10-23(48-31(59)22(41)20-54)33(61)52-27(19-30(57)58)36(64)51-26(13-14-29(55)56)35(63)50-24(11-6-16-46-38(42)43)32(60)49-25(12-7-17-47-39(44)45)34(62)53-28(37(65)66)18-21-8-2-1-3-9-21/h1-3,8-9,22-28,54H,4-7,10-20,40-41H2,(H,48,59)(H,49,60)(H,50,63)(H,51,64)(H,52,61)(H,53,62)(H,55,56)(H,57,58)(H,65,66)(H4,42,43,46)(H4,44,45,47)/t22-,23-,24-,25-,26-,27-,28-/m0/s1. The van der Waals surface area contributed by atoms with Gasteiger partial charge in [-0.2, -0.15) is 0 Å². The second-order valence-electron chi connectivity index (χ2n) is 14.9. The Kier molecular flexibility index (Phi) is 26.6. The first-order chi connectivity index (χ1) is 31.2. The van der Waals surface area contributed by atoms with Crippen LogP contribution in [0.1, 0.15) is 69.8 Å². The van der Waals surface area contributed by atoms with Gasteiger partial charge in [0, 0.05) is 25.9 Å². The number of hydrogen-bond donors (Lipinski definition) is 16. The van der Waals surface area contributed by atoms with Crippen LogP contribution in [0.3, 0.4) is 0 Å². The van der Waals surface area contributed by atoms with Gasteiger partial charge in [-0.15, -0.1) is 0 Å². The molecule has 0 aliphatic rings. The number of carboxylic acids is 3. The molecule has 0 aromatic heterocycles. The van der Waals surface area contributed by atoms with Gasteiger partial charge in [-0.05, 0) is 63.5 Å². The highest BCUT2D eigenvalue weighted by atomic mass is 16.4. The molecule has 0 spiro atoms. The van der Waals surface area contributed by atoms with Crippen LogP contribution in [0, 0.1) is 0 Å². The number of unbranched alkanes of at least 4 members (excludes halogenated alkanes) is 1. The van der Waals surface area contributed by atoms with Gasteiger partial charge in [-0.1, -0.05) is 30.3 Å². The Morgan fingerprint density at radius 3 is 1.35 bits per heavy atom. The second-order valence-corrected chi connectivity index (χ2v) is 14.9. The largest absolute Gasteiger partial charge is 0.481 e. The molecule has 1 rings (SSSR count). The van der Waals surface area contributed by atoms with E-state index < -0.39 is 122 Å². The lowest BCUT2D eigenvalue weighted by atomic mass is 10.0. The number of benzene rings is 1. The summed E-state index contributed by atoms with van der Waals surface area (Å²) in [4.78, 5) is 125. The van der Waals surface area contributed by atoms with Crippen molar-refractivity contribution >= 4 is 65.3 Å². The van der Waals surface area contributed by atoms with Gasteiger partial charge in [0.15, 0.2) is 11.9 Å². The predicted molar refractivity (Wildman–Crippen MR) is 236 cm³/mol. The van der Waals surface area contributed by atoms with Crippen molar-refractivity contribution in [2.24, 2.45) is 44.4 Å². The smallest absolute Gasteiger partial charge is 0.326 e. The second kappa shape index (κ2) is 30.9. The first-order valence-electron chi connectivity index (χ1n) is 20.9. The van der Waals surface area contributed by atoms with E-state index in [0.717, 1.165) is 0 Å². The van der Waals surface area contributed by atoms with Crippen molar-refractivity contribution in [2.45, 2.75) is 113 Å². The quantitative estimate of drug-likeness (QED) is 0.0177. The maximum absolute atomic E-state index is 14.0. The van der Waals surface area contributed by atoms with Gasteiger partial charge in [-0.3, -0.25) is 48.3 Å². The number of aliphatic imine (C=N–C) groups is 2. The van der Waals surface area contributed by atoms with Gasteiger partial charge in [0.1, 0.15) is 42.3 Å². The van der Waals surface area contributed by atoms with Crippen molar-refractivity contribution in [3.05, 3.63) is 35.9 Å². The minimum atomic E-state index is -1.91. The molecule has 0 saturated carbocycles. The first-order valence-corrected chi connectivity index (χ1v) is 20.9. The summed E-state index contributed by atoms with van der Waals surface area (Å²) in [5, 5.41) is 52.4. The lowest BCUT2D eigenvalue weighted by Crippen LogP contribution is -2.60. The summed E-state index contributed by atoms with van der Waals surface area (Å²) in [6, 6.07) is -2.55. The highest BCUT2D eigenvalue weighted by Gasteiger charge is 2.34. The number of carbonyl (C=O) groups excluding carboxylic acids is 6. The third kappa shape index (κ3) is 23.5. The van der Waals surface area contributed by atoms with Gasteiger partial charge in [0.25, 0.3) is 0 Å². The molecular formula is C39H64N14O13. The van der Waals surface area contributed by atoms with Crippen LogP contribution < -0.4 is 66.3 Å². The van der Waals surface area contributed by atoms with E-state index in [1.54, 1.807) is 30.3 Å². The van der Waals surface area contributed by atoms with Crippen molar-refractivity contribution in [1.82, 2.24) is 31.9 Å². The Morgan fingerprint density at radius 1 is 0.530 bits per heavy atom. The number of carbonyl (C=O) groups is 9. The molecule has 0 bridgehead atoms. The first kappa shape index (κ1) is 56.9. The molecule has 0 aliphatic carbocycles. The molecule has 0 aliphatic heterocycles. The SMILES string of the molecule is NCCCC[C@H](NC(=O)[C@@H](N)CO)C(=O)N[C@@H](CC(=O)O)C(=O)N[C@@H](CCC(=O)O)C(=O)N[C@@H](CCCN=C(N)N)C(=O)N[C@@H](CCCN=C(N)N)C(=O)N[C@@H](Cc1ccccc1)C(=O)O. The zero-order chi connectivity index (χ0) is 49.8. The Bertz CT molecular complexity index is 1850. The Labute approximate surface area is 379 Å². The van der Waals surface area contributed by atoms with Crippen LogP contribution in [0.2, 0.25) is 0 Å². The van der Waals surface area contributed by atoms with Gasteiger partial charge in [-0.25, -0.2) is 4.79 Å². The molecule has 22 N–H and O–H groups in total. The summed E-state index contributed by atoms with van der Waals surface area (Å²) < 4.78 is 0. The molecule has 368 valence electrons. The topological polar surface area (TPSA) is 488 Å². The number of amides is 6. The summed E-state index contributed by atoms with van der Waals surface area (Å²) in [7, 11) is 0. The summed E-state index contributed by atoms with van der Waals surface area (Å²) in [5.74, 6) is -11.2. The Hall–Kier alpha value is -7.13. The Balaban J connectivity index is 3.52. The number of nitrogens with zero attached hydrogens (tertiary/aromatic N) is 2. The van der Waals surface area contributed by atoms with Crippen molar-refractivity contribution in [3.8, 4) is 0 Å². The van der Waals surface area contributed by atoms with Gasteiger partial charge in [0.05, 0.1) is 13.0 Å². The zero-order valence-corrected chi connectivity index (χ0v) is 36.4. The van der Waals surface area contributed by atoms with Crippen LogP contribution in [-0.4, -0.2) is 154 Å². The van der Waals surface area contributed by atoms with E-state index in [0.29, 0.717) is 12.0 Å². The third-order valence-corrected chi connectivity index (χ3v) is 9.46. The van der Waals surface area contributed by atoms with Crippen LogP contribution in [0.15, 0.2) is 40.3 Å². The average Bonchev–Trinajstić information content (AvgIpc) is 3.25. The molecule has 0 unspecified atom stereocenters. The van der Waals surface area contributed by atoms with E-state index in [2.05, 4.69) is 41.9 Å². The fourth-order valence-electron chi connectivity index (χ4n) is 6.00. The number of nitrogens with two attached hydrogens (primary N) is 6. The van der Waals surface area contributed by atoms with Crippen molar-refractivity contribution < 1.29 is 63.6 Å². The highest BCUT2D eigenvalue weighted by Crippen LogP contribution is 2.10. The van der Waals surface area contributed by atoms with E-state index in [1.807, 2.05) is 0 Å². The van der Waals surface area contributed by atoms with Crippen molar-refractivity contribution in [2.75, 3.05) is 26.2 Å². The highest BCUT2D eigenvalue weighted by molar-refractivity contribution is 5.98. The molecule has 0 heterocycles. The van der Waals surface area contributed by atoms with Gasteiger partial charge in [0.2, 0.25) is 35.4 Å². The number of nitrogens with one attached hydrogen (secondary N) is 6. The molecule has 0 radical (unpaired) electrons. The van der Waals surface area contributed by atoms with Crippen LogP contribution >= 0.6 is 0 Å². The van der Waals surface area contributed by atoms with E-state index in [9.17, 15) is 63.6 Å². The van der Waals surface area contributed by atoms with Crippen molar-refractivity contribution in [3.63, 3.8) is 0 Å². The summed E-state index contributed by atoms with van der Waals surface area (Å²) in [6.45, 7) is -0.604. The lowest BCUT2D eigenvalue weighted by Gasteiger charge is -2.27. The number of carboxylic acid groups (broad SMARTS) is 3. The molecular weight excluding hydrogens is 873 g/mol. The molecule has 0 fully saturated rings. The van der Waals surface area contributed by atoms with Gasteiger partial charge >= 0.3 is 17.9 Å². The van der Waals surface area contributed by atoms with Crippen LogP contribution in [0.25, 0.3) is 0 Å². The number of aliphatic hydroxyl groups excluding tert-OH is 1. The molecule has 1 aromatic carbocycles. The normalized spacial score (nSPS) is 13.9. The number of guanidine groups is 2. The van der Waals surface area contributed by atoms with E-state index in [1.165, 1.54) is 0 Å². The minimum Gasteiger partial charge on any atom is -0.481 e. The average molecular weight is 937 g/mol. The fourth-order valence-corrected chi connectivity index (χ4v) is 6.00. The van der Waals surface area contributed by atoms with E-state index in [-0.39, 0.29) is 76.5 Å². The molecule has 1 aromatic rings. The number of aliphatic carboxylic acids is 3. The minimum absolute atomic E-state index is 0.00276. The third-order valence-electron chi connectivity index (χ3n) is 9.46. The molecule has 0 saturated heterocycles. The van der Waals surface area contributed by atoms with Crippen LogP contribution in [0.4, 0.5) is 0 Å². The number of aliphatic hydroxyl groups is 1. The predicted octanol–water partition coefficient (Wildman–Crippen LogP) is -5.88. The molecule has 7 atom stereocenters. The fraction of sp³-hybridized carbons (Fsp3) is 0.564. The van der Waals surface area contributed by atoms with E-state index in [4.69, 9.17) is 34.4 Å². The zero-order valence-electron chi connectivity index (χ0n) is 36.4. The summed E-state index contributed by atoms with van der Waals surface area (Å²) in [6.07, 6.45) is -2.11. The van der Waals surface area contributed by atoms with Crippen LogP contribution in [-0.2, 0) is 49.6 Å². The lowest BCUT2D eigenvalue weighted by molar-refractivity contribution is -0.143. The maximum Gasteiger partial charge on any atom is 0.326 e. The molecule has 27 heteroatoms. The number of hydrogen-bond acceptors (Lipinski definition) is 14. The molecule has 27 nitrogen and oxygen atoms in total. The summed E-state index contributed by atoms with van der Waals surface area (Å²) >= 11 is 0. The number of rotatable bonds is 33. The molecule has 66 heavy (non-hydrogen) atoms. The maximum atomic E-state index is 14.0. The summed E-state index contributed by atoms with van der Waals surface area (Å²) in [5.41, 5.74) is 33.4. The van der Waals surface area contributed by atoms with Gasteiger partial charge < -0.3 is 86.7 Å².